The van der Waals surface area contributed by atoms with Gasteiger partial charge in [0.05, 0.1) is 0 Å². The monoisotopic (exact) mass is 792 g/mol. The molecule has 1 saturated carbocycles. The van der Waals surface area contributed by atoms with Crippen molar-refractivity contribution in [1.29, 1.82) is 0 Å². The standard InChI is InChI=1S/C33H44O22/c1-13(34)44-11-23-24(25(46-15(3)36)29(49-18(6)39)32(53-23)52-21(9)42)54-28-26(47-16(4)37)27(48-17(5)38)30(50-19(7)40)33(55-22(10)43,12-45-14(2)35)31(28)51-20(8)41/h23-32H,11-12H2,1-10H3. The highest BCUT2D eigenvalue weighted by Gasteiger charge is 2.70. The van der Waals surface area contributed by atoms with Gasteiger partial charge in [-0.15, -0.1) is 0 Å². The van der Waals surface area contributed by atoms with Crippen LogP contribution in [-0.2, 0) is 105 Å². The number of esters is 10. The molecule has 22 heteroatoms. The van der Waals surface area contributed by atoms with E-state index in [-0.39, 0.29) is 0 Å². The van der Waals surface area contributed by atoms with Gasteiger partial charge < -0.3 is 56.8 Å². The lowest BCUT2D eigenvalue weighted by Crippen LogP contribution is -2.77. The number of carbonyl (C=O) groups is 10. The van der Waals surface area contributed by atoms with Crippen LogP contribution in [0.3, 0.4) is 0 Å². The molecule has 0 spiro atoms. The van der Waals surface area contributed by atoms with E-state index in [1.54, 1.807) is 0 Å². The summed E-state index contributed by atoms with van der Waals surface area (Å²) in [5.74, 6) is -10.5. The molecule has 1 saturated heterocycles. The van der Waals surface area contributed by atoms with Crippen molar-refractivity contribution in [3.05, 3.63) is 0 Å². The number of rotatable bonds is 14. The molecule has 11 atom stereocenters. The number of carbonyl (C=O) groups excluding carboxylic acids is 10. The Morgan fingerprint density at radius 3 is 1.24 bits per heavy atom. The van der Waals surface area contributed by atoms with Crippen LogP contribution < -0.4 is 0 Å². The fourth-order valence-electron chi connectivity index (χ4n) is 5.99. The summed E-state index contributed by atoms with van der Waals surface area (Å²) in [6.45, 7) is 7.44. The van der Waals surface area contributed by atoms with Gasteiger partial charge in [0.1, 0.15) is 31.5 Å². The first kappa shape index (κ1) is 45.8. The van der Waals surface area contributed by atoms with Gasteiger partial charge in [-0.1, -0.05) is 0 Å². The summed E-state index contributed by atoms with van der Waals surface area (Å²) >= 11 is 0. The van der Waals surface area contributed by atoms with E-state index in [0.717, 1.165) is 69.2 Å². The second kappa shape index (κ2) is 19.8. The Morgan fingerprint density at radius 1 is 0.418 bits per heavy atom. The van der Waals surface area contributed by atoms with Crippen molar-refractivity contribution >= 4 is 59.7 Å². The zero-order chi connectivity index (χ0) is 41.9. The molecular weight excluding hydrogens is 748 g/mol. The van der Waals surface area contributed by atoms with Crippen LogP contribution in [0.1, 0.15) is 69.2 Å². The summed E-state index contributed by atoms with van der Waals surface area (Å²) in [5.41, 5.74) is -2.70. The topological polar surface area (TPSA) is 281 Å². The normalized spacial score (nSPS) is 29.9. The molecule has 11 unspecified atom stereocenters. The van der Waals surface area contributed by atoms with Gasteiger partial charge >= 0.3 is 59.7 Å². The molecule has 0 amide bonds. The summed E-state index contributed by atoms with van der Waals surface area (Å²) in [7, 11) is 0. The highest BCUT2D eigenvalue weighted by Crippen LogP contribution is 2.44. The van der Waals surface area contributed by atoms with Gasteiger partial charge in [-0.2, -0.15) is 0 Å². The van der Waals surface area contributed by atoms with Gasteiger partial charge in [0, 0.05) is 69.2 Å². The van der Waals surface area contributed by atoms with Crippen LogP contribution in [0.15, 0.2) is 0 Å². The molecule has 22 nitrogen and oxygen atoms in total. The summed E-state index contributed by atoms with van der Waals surface area (Å²) in [4.78, 5) is 125. The third-order valence-corrected chi connectivity index (χ3v) is 7.47. The van der Waals surface area contributed by atoms with Crippen molar-refractivity contribution in [2.24, 2.45) is 0 Å². The molecule has 0 radical (unpaired) electrons. The summed E-state index contributed by atoms with van der Waals surface area (Å²) in [5, 5.41) is 0. The smallest absolute Gasteiger partial charge is 0.305 e. The Bertz CT molecular complexity index is 1510. The number of hydrogen-bond donors (Lipinski definition) is 0. The molecule has 2 fully saturated rings. The van der Waals surface area contributed by atoms with Crippen molar-refractivity contribution in [2.75, 3.05) is 13.2 Å². The molecular formula is C33H44O22. The molecule has 2 rings (SSSR count). The average Bonchev–Trinajstić information content (AvgIpc) is 3.01. The predicted octanol–water partition coefficient (Wildman–Crippen LogP) is -0.940. The van der Waals surface area contributed by atoms with Gasteiger partial charge in [0.25, 0.3) is 0 Å². The van der Waals surface area contributed by atoms with Crippen LogP contribution in [0.25, 0.3) is 0 Å². The fraction of sp³-hybridized carbons (Fsp3) is 0.697. The molecule has 2 aliphatic rings. The lowest BCUT2D eigenvalue weighted by Gasteiger charge is -2.54. The summed E-state index contributed by atoms with van der Waals surface area (Å²) < 4.78 is 66.7. The quantitative estimate of drug-likeness (QED) is 0.151. The minimum Gasteiger partial charge on any atom is -0.463 e. The van der Waals surface area contributed by atoms with Crippen molar-refractivity contribution in [2.45, 2.75) is 136 Å². The van der Waals surface area contributed by atoms with E-state index in [1.165, 1.54) is 0 Å². The van der Waals surface area contributed by atoms with Crippen molar-refractivity contribution in [3.63, 3.8) is 0 Å². The Hall–Kier alpha value is -5.38. The average molecular weight is 793 g/mol. The molecule has 55 heavy (non-hydrogen) atoms. The molecule has 0 aromatic carbocycles. The molecule has 308 valence electrons. The van der Waals surface area contributed by atoms with E-state index in [0.29, 0.717) is 0 Å². The van der Waals surface area contributed by atoms with Crippen LogP contribution in [0, 0.1) is 0 Å². The van der Waals surface area contributed by atoms with Gasteiger partial charge in [-0.25, -0.2) is 0 Å². The van der Waals surface area contributed by atoms with Crippen molar-refractivity contribution < 1.29 is 105 Å². The Balaban J connectivity index is 3.14. The maximum Gasteiger partial charge on any atom is 0.305 e. The maximum atomic E-state index is 12.9. The Kier molecular flexibility index (Phi) is 16.5. The second-order valence-electron chi connectivity index (χ2n) is 12.2. The first-order chi connectivity index (χ1) is 25.5. The van der Waals surface area contributed by atoms with E-state index in [2.05, 4.69) is 0 Å². The molecule has 0 bridgehead atoms. The van der Waals surface area contributed by atoms with Gasteiger partial charge in [-0.05, 0) is 0 Å². The second-order valence-corrected chi connectivity index (χ2v) is 12.2. The number of hydrogen-bond acceptors (Lipinski definition) is 22. The van der Waals surface area contributed by atoms with Crippen LogP contribution in [0.5, 0.6) is 0 Å². The molecule has 1 heterocycles. The van der Waals surface area contributed by atoms with E-state index in [9.17, 15) is 47.9 Å². The van der Waals surface area contributed by atoms with Gasteiger partial charge in [0.2, 0.25) is 18.0 Å². The minimum atomic E-state index is -2.70. The van der Waals surface area contributed by atoms with E-state index in [4.69, 9.17) is 56.8 Å². The number of ether oxygens (including phenoxy) is 12. The molecule has 0 aromatic heterocycles. The summed E-state index contributed by atoms with van der Waals surface area (Å²) in [6, 6.07) is 0. The maximum absolute atomic E-state index is 12.9. The highest BCUT2D eigenvalue weighted by molar-refractivity contribution is 5.72. The SMILES string of the molecule is CC(=O)OCC1OC(OC(C)=O)C(OC(C)=O)C(OC(C)=O)C1OC1C(OC(C)=O)C(OC(C)=O)C(OC(C)=O)C(COC(C)=O)(OC(C)=O)C1OC(C)=O. The third-order valence-electron chi connectivity index (χ3n) is 7.47. The molecule has 1 aliphatic carbocycles. The van der Waals surface area contributed by atoms with Gasteiger partial charge in [0.15, 0.2) is 30.5 Å². The van der Waals surface area contributed by atoms with Crippen LogP contribution in [0.2, 0.25) is 0 Å². The fourth-order valence-corrected chi connectivity index (χ4v) is 5.99. The molecule has 0 N–H and O–H groups in total. The third kappa shape index (κ3) is 12.9. The lowest BCUT2D eigenvalue weighted by atomic mass is 9.73. The molecule has 1 aliphatic heterocycles. The van der Waals surface area contributed by atoms with Crippen molar-refractivity contribution in [1.82, 2.24) is 0 Å². The first-order valence-corrected chi connectivity index (χ1v) is 16.5. The summed E-state index contributed by atoms with van der Waals surface area (Å²) in [6.07, 6.45) is -19.6. The molecule has 0 aromatic rings. The lowest BCUT2D eigenvalue weighted by molar-refractivity contribution is -0.339. The predicted molar refractivity (Wildman–Crippen MR) is 170 cm³/mol. The highest BCUT2D eigenvalue weighted by atomic mass is 16.8. The minimum absolute atomic E-state index is 0.766. The van der Waals surface area contributed by atoms with Gasteiger partial charge in [-0.3, -0.25) is 47.9 Å². The zero-order valence-corrected chi connectivity index (χ0v) is 31.7. The van der Waals surface area contributed by atoms with Crippen LogP contribution in [-0.4, -0.2) is 140 Å². The van der Waals surface area contributed by atoms with E-state index >= 15 is 0 Å². The zero-order valence-electron chi connectivity index (χ0n) is 31.7. The largest absolute Gasteiger partial charge is 0.463 e. The Morgan fingerprint density at radius 2 is 0.818 bits per heavy atom. The Labute approximate surface area is 313 Å². The van der Waals surface area contributed by atoms with Crippen LogP contribution in [0.4, 0.5) is 0 Å². The van der Waals surface area contributed by atoms with E-state index in [1.807, 2.05) is 0 Å². The first-order valence-electron chi connectivity index (χ1n) is 16.5. The van der Waals surface area contributed by atoms with Crippen LogP contribution >= 0.6 is 0 Å². The van der Waals surface area contributed by atoms with Crippen molar-refractivity contribution in [3.8, 4) is 0 Å². The van der Waals surface area contributed by atoms with E-state index < -0.39 is 140 Å².